The molecule has 1 saturated heterocycles. The lowest BCUT2D eigenvalue weighted by molar-refractivity contribution is -0.122. The first kappa shape index (κ1) is 24.0. The smallest absolute Gasteiger partial charge is 0.266 e. The van der Waals surface area contributed by atoms with Crippen LogP contribution >= 0.6 is 58.8 Å². The molecule has 33 heavy (non-hydrogen) atoms. The lowest BCUT2D eigenvalue weighted by atomic mass is 10.2. The number of ether oxygens (including phenoxy) is 1. The van der Waals surface area contributed by atoms with Crippen LogP contribution in [0.5, 0.6) is 5.75 Å². The largest absolute Gasteiger partial charge is 0.486 e. The van der Waals surface area contributed by atoms with Crippen LogP contribution in [0.1, 0.15) is 16.7 Å². The molecule has 1 aliphatic rings. The monoisotopic (exact) mass is 537 g/mol. The van der Waals surface area contributed by atoms with Crippen LogP contribution in [0.15, 0.2) is 65.6 Å². The number of nitrogens with zero attached hydrogens (tertiary/aromatic N) is 1. The second-order valence-corrected chi connectivity index (χ2v) is 10.0. The van der Waals surface area contributed by atoms with E-state index in [2.05, 4.69) is 0 Å². The van der Waals surface area contributed by atoms with E-state index in [0.717, 1.165) is 11.1 Å². The van der Waals surface area contributed by atoms with Gasteiger partial charge in [-0.15, -0.1) is 0 Å². The summed E-state index contributed by atoms with van der Waals surface area (Å²) in [7, 11) is 0. The van der Waals surface area contributed by atoms with Crippen molar-refractivity contribution in [2.75, 3.05) is 0 Å². The Labute approximate surface area is 215 Å². The van der Waals surface area contributed by atoms with Gasteiger partial charge in [0.25, 0.3) is 5.91 Å². The molecule has 9 heteroatoms. The number of thioether (sulfide) groups is 1. The Hall–Kier alpha value is -2.09. The number of hydrogen-bond donors (Lipinski definition) is 0. The molecule has 0 atom stereocenters. The Kier molecular flexibility index (Phi) is 7.62. The van der Waals surface area contributed by atoms with Crippen LogP contribution in [0.3, 0.4) is 0 Å². The number of amides is 1. The van der Waals surface area contributed by atoms with Crippen LogP contribution < -0.4 is 4.74 Å². The molecule has 0 unspecified atom stereocenters. The van der Waals surface area contributed by atoms with Crippen molar-refractivity contribution in [2.45, 2.75) is 13.2 Å². The van der Waals surface area contributed by atoms with Crippen molar-refractivity contribution in [3.8, 4) is 5.75 Å². The Bertz CT molecular complexity index is 1220. The fraction of sp³-hybridized carbons (Fsp3) is 0.0833. The number of benzene rings is 3. The van der Waals surface area contributed by atoms with E-state index in [1.165, 1.54) is 28.8 Å². The third kappa shape index (κ3) is 5.89. The maximum absolute atomic E-state index is 13.1. The predicted molar refractivity (Wildman–Crippen MR) is 137 cm³/mol. The van der Waals surface area contributed by atoms with Crippen molar-refractivity contribution in [2.24, 2.45) is 0 Å². The number of thiocarbonyl (C=S) groups is 1. The van der Waals surface area contributed by atoms with Crippen molar-refractivity contribution in [3.63, 3.8) is 0 Å². The van der Waals surface area contributed by atoms with E-state index in [0.29, 0.717) is 35.6 Å². The minimum Gasteiger partial charge on any atom is -0.486 e. The summed E-state index contributed by atoms with van der Waals surface area (Å²) in [6.45, 7) is 0.541. The maximum Gasteiger partial charge on any atom is 0.266 e. The highest BCUT2D eigenvalue weighted by Crippen LogP contribution is 2.38. The number of hydrogen-bond acceptors (Lipinski definition) is 4. The molecule has 0 saturated carbocycles. The van der Waals surface area contributed by atoms with Crippen LogP contribution in [-0.2, 0) is 17.9 Å². The predicted octanol–water partition coefficient (Wildman–Crippen LogP) is 7.77. The zero-order valence-electron chi connectivity index (χ0n) is 16.9. The number of rotatable bonds is 6. The first-order chi connectivity index (χ1) is 15.8. The van der Waals surface area contributed by atoms with Gasteiger partial charge in [-0.25, -0.2) is 4.39 Å². The van der Waals surface area contributed by atoms with E-state index in [-0.39, 0.29) is 24.9 Å². The second kappa shape index (κ2) is 10.5. The lowest BCUT2D eigenvalue weighted by Gasteiger charge is -2.14. The van der Waals surface area contributed by atoms with E-state index in [9.17, 15) is 9.18 Å². The van der Waals surface area contributed by atoms with E-state index in [1.807, 2.05) is 12.1 Å². The average molecular weight is 539 g/mol. The first-order valence-corrected chi connectivity index (χ1v) is 12.0. The van der Waals surface area contributed by atoms with Crippen molar-refractivity contribution in [1.82, 2.24) is 4.90 Å². The van der Waals surface area contributed by atoms with Crippen LogP contribution in [0.4, 0.5) is 4.39 Å². The zero-order valence-corrected chi connectivity index (χ0v) is 20.8. The standard InChI is InChI=1S/C24H15Cl3FNO2S2/c25-17-5-1-15(2-6-17)13-31-22-19(26)9-16(10-20(22)27)11-21-23(30)29(24(32)33-21)12-14-3-7-18(28)8-4-14/h1-11H,12-13H2. The molecule has 168 valence electrons. The van der Waals surface area contributed by atoms with Crippen LogP contribution in [-0.4, -0.2) is 15.1 Å². The number of carbonyl (C=O) groups excluding carboxylic acids is 1. The number of halogens is 4. The highest BCUT2D eigenvalue weighted by Gasteiger charge is 2.32. The molecule has 3 aromatic carbocycles. The zero-order chi connectivity index (χ0) is 23.5. The summed E-state index contributed by atoms with van der Waals surface area (Å²) >= 11 is 25.3. The molecule has 0 radical (unpaired) electrons. The summed E-state index contributed by atoms with van der Waals surface area (Å²) in [4.78, 5) is 14.8. The van der Waals surface area contributed by atoms with Crippen LogP contribution in [0.25, 0.3) is 6.08 Å². The van der Waals surface area contributed by atoms with Gasteiger partial charge in [-0.1, -0.05) is 83.0 Å². The molecule has 4 rings (SSSR count). The molecule has 0 aromatic heterocycles. The molecule has 0 spiro atoms. The van der Waals surface area contributed by atoms with Crippen molar-refractivity contribution in [3.05, 3.63) is 103 Å². The molecular formula is C24H15Cl3FNO2S2. The molecule has 1 amide bonds. The van der Waals surface area contributed by atoms with E-state index in [1.54, 1.807) is 42.5 Å². The number of carbonyl (C=O) groups is 1. The van der Waals surface area contributed by atoms with Gasteiger partial charge in [-0.05, 0) is 59.2 Å². The van der Waals surface area contributed by atoms with Crippen molar-refractivity contribution < 1.29 is 13.9 Å². The summed E-state index contributed by atoms with van der Waals surface area (Å²) < 4.78 is 19.4. The topological polar surface area (TPSA) is 29.5 Å². The summed E-state index contributed by atoms with van der Waals surface area (Å²) in [5, 5.41) is 1.29. The fourth-order valence-corrected chi connectivity index (χ4v) is 5.09. The maximum atomic E-state index is 13.1. The Morgan fingerprint density at radius 1 is 0.970 bits per heavy atom. The average Bonchev–Trinajstić information content (AvgIpc) is 3.03. The SMILES string of the molecule is O=C1C(=Cc2cc(Cl)c(OCc3ccc(Cl)cc3)c(Cl)c2)SC(=S)N1Cc1ccc(F)cc1. The van der Waals surface area contributed by atoms with Gasteiger partial charge in [0, 0.05) is 5.02 Å². The Morgan fingerprint density at radius 2 is 1.58 bits per heavy atom. The van der Waals surface area contributed by atoms with Crippen molar-refractivity contribution in [1.29, 1.82) is 0 Å². The third-order valence-corrected chi connectivity index (χ3v) is 6.93. The fourth-order valence-electron chi connectivity index (χ4n) is 3.10. The van der Waals surface area contributed by atoms with Crippen LogP contribution in [0.2, 0.25) is 15.1 Å². The molecule has 3 aromatic rings. The second-order valence-electron chi connectivity index (χ2n) is 7.12. The molecule has 3 nitrogen and oxygen atoms in total. The molecule has 1 aliphatic heterocycles. The van der Waals surface area contributed by atoms with E-state index >= 15 is 0 Å². The Morgan fingerprint density at radius 3 is 2.21 bits per heavy atom. The molecule has 0 bridgehead atoms. The van der Waals surface area contributed by atoms with Gasteiger partial charge in [0.1, 0.15) is 16.7 Å². The normalized spacial score (nSPS) is 14.9. The quantitative estimate of drug-likeness (QED) is 0.237. The molecular weight excluding hydrogens is 524 g/mol. The van der Waals surface area contributed by atoms with Gasteiger partial charge in [0.15, 0.2) is 5.75 Å². The third-order valence-electron chi connectivity index (χ3n) is 4.74. The van der Waals surface area contributed by atoms with E-state index in [4.69, 9.17) is 51.8 Å². The highest BCUT2D eigenvalue weighted by atomic mass is 35.5. The highest BCUT2D eigenvalue weighted by molar-refractivity contribution is 8.26. The molecule has 0 N–H and O–H groups in total. The first-order valence-electron chi connectivity index (χ1n) is 9.66. The van der Waals surface area contributed by atoms with Gasteiger partial charge in [0.05, 0.1) is 21.5 Å². The molecule has 1 fully saturated rings. The van der Waals surface area contributed by atoms with Gasteiger partial charge in [-0.3, -0.25) is 9.69 Å². The summed E-state index contributed by atoms with van der Waals surface area (Å²) in [6.07, 6.45) is 1.69. The van der Waals surface area contributed by atoms with Gasteiger partial charge in [0.2, 0.25) is 0 Å². The van der Waals surface area contributed by atoms with Gasteiger partial charge in [-0.2, -0.15) is 0 Å². The van der Waals surface area contributed by atoms with Crippen LogP contribution in [0, 0.1) is 5.82 Å². The summed E-state index contributed by atoms with van der Waals surface area (Å²) in [6, 6.07) is 16.6. The minimum atomic E-state index is -0.335. The van der Waals surface area contributed by atoms with Crippen molar-refractivity contribution >= 4 is 75.1 Å². The van der Waals surface area contributed by atoms with Gasteiger partial charge >= 0.3 is 0 Å². The summed E-state index contributed by atoms with van der Waals surface area (Å²) in [5.74, 6) is -0.211. The Balaban J connectivity index is 1.49. The lowest BCUT2D eigenvalue weighted by Crippen LogP contribution is -2.27. The van der Waals surface area contributed by atoms with Gasteiger partial charge < -0.3 is 4.74 Å². The minimum absolute atomic E-state index is 0.232. The summed E-state index contributed by atoms with van der Waals surface area (Å²) in [5.41, 5.74) is 2.34. The molecule has 0 aliphatic carbocycles. The molecule has 1 heterocycles. The van der Waals surface area contributed by atoms with E-state index < -0.39 is 0 Å².